The molecule has 2 aliphatic rings. The Morgan fingerprint density at radius 2 is 1.68 bits per heavy atom. The molecule has 0 saturated carbocycles. The predicted molar refractivity (Wildman–Crippen MR) is 133 cm³/mol. The Morgan fingerprint density at radius 3 is 2.38 bits per heavy atom. The van der Waals surface area contributed by atoms with Crippen LogP contribution in [0.15, 0.2) is 54.6 Å². The van der Waals surface area contributed by atoms with Gasteiger partial charge in [0.1, 0.15) is 5.75 Å². The molecule has 0 spiro atoms. The highest BCUT2D eigenvalue weighted by Gasteiger charge is 2.29. The molecule has 2 amide bonds. The highest BCUT2D eigenvalue weighted by Crippen LogP contribution is 2.20. The molecule has 0 bridgehead atoms. The summed E-state index contributed by atoms with van der Waals surface area (Å²) in [5.74, 6) is 1.06. The number of aryl methyl sites for hydroxylation is 1. The van der Waals surface area contributed by atoms with Crippen molar-refractivity contribution in [3.63, 3.8) is 0 Å². The number of hydrogen-bond donors (Lipinski definition) is 1. The number of para-hydroxylation sites is 1. The van der Waals surface area contributed by atoms with E-state index in [2.05, 4.69) is 41.4 Å². The summed E-state index contributed by atoms with van der Waals surface area (Å²) in [6.07, 6.45) is 3.84. The third kappa shape index (κ3) is 7.07. The summed E-state index contributed by atoms with van der Waals surface area (Å²) in [4.78, 5) is 29.7. The summed E-state index contributed by atoms with van der Waals surface area (Å²) in [5.41, 5.74) is 2.66. The van der Waals surface area contributed by atoms with Crippen molar-refractivity contribution in [1.82, 2.24) is 15.1 Å². The van der Waals surface area contributed by atoms with Gasteiger partial charge in [0.05, 0.1) is 13.0 Å². The van der Waals surface area contributed by atoms with Crippen molar-refractivity contribution < 1.29 is 14.3 Å². The molecule has 0 aromatic heterocycles. The first kappa shape index (κ1) is 24.3. The maximum Gasteiger partial charge on any atom is 0.225 e. The van der Waals surface area contributed by atoms with Crippen molar-refractivity contribution in [2.45, 2.75) is 51.6 Å². The van der Waals surface area contributed by atoms with Crippen molar-refractivity contribution in [3.05, 3.63) is 65.7 Å². The first-order valence-electron chi connectivity index (χ1n) is 12.6. The summed E-state index contributed by atoms with van der Waals surface area (Å²) in [6.45, 7) is 6.81. The van der Waals surface area contributed by atoms with Gasteiger partial charge in [0.25, 0.3) is 0 Å². The summed E-state index contributed by atoms with van der Waals surface area (Å²) in [6, 6.07) is 18.5. The summed E-state index contributed by atoms with van der Waals surface area (Å²) in [5, 5.41) is 3.29. The normalized spacial score (nSPS) is 18.0. The molecule has 4 rings (SSSR count). The first-order chi connectivity index (χ1) is 16.6. The quantitative estimate of drug-likeness (QED) is 0.647. The topological polar surface area (TPSA) is 61.9 Å². The van der Waals surface area contributed by atoms with Crippen LogP contribution in [-0.2, 0) is 16.1 Å². The highest BCUT2D eigenvalue weighted by molar-refractivity contribution is 5.80. The minimum Gasteiger partial charge on any atom is -0.493 e. The van der Waals surface area contributed by atoms with Gasteiger partial charge in [-0.1, -0.05) is 48.0 Å². The smallest absolute Gasteiger partial charge is 0.225 e. The second-order valence-corrected chi connectivity index (χ2v) is 9.61. The second-order valence-electron chi connectivity index (χ2n) is 9.61. The Morgan fingerprint density at radius 1 is 0.941 bits per heavy atom. The van der Waals surface area contributed by atoms with E-state index in [1.165, 1.54) is 11.1 Å². The number of rotatable bonds is 8. The molecule has 0 aliphatic carbocycles. The maximum atomic E-state index is 12.8. The average molecular weight is 464 g/mol. The highest BCUT2D eigenvalue weighted by atomic mass is 16.5. The van der Waals surface area contributed by atoms with Crippen LogP contribution in [0.5, 0.6) is 5.75 Å². The van der Waals surface area contributed by atoms with Crippen LogP contribution >= 0.6 is 0 Å². The monoisotopic (exact) mass is 463 g/mol. The fourth-order valence-electron chi connectivity index (χ4n) is 4.95. The maximum absolute atomic E-state index is 12.8. The summed E-state index contributed by atoms with van der Waals surface area (Å²) >= 11 is 0. The Kier molecular flexibility index (Phi) is 8.58. The van der Waals surface area contributed by atoms with Gasteiger partial charge in [-0.3, -0.25) is 14.5 Å². The number of nitrogens with one attached hydrogen (secondary N) is 1. The zero-order valence-electron chi connectivity index (χ0n) is 20.2. The largest absolute Gasteiger partial charge is 0.493 e. The van der Waals surface area contributed by atoms with Crippen molar-refractivity contribution in [1.29, 1.82) is 0 Å². The fourth-order valence-corrected chi connectivity index (χ4v) is 4.95. The van der Waals surface area contributed by atoms with Gasteiger partial charge >= 0.3 is 0 Å². The van der Waals surface area contributed by atoms with E-state index >= 15 is 0 Å². The van der Waals surface area contributed by atoms with Crippen LogP contribution in [0.4, 0.5) is 0 Å². The lowest BCUT2D eigenvalue weighted by atomic mass is 9.94. The molecule has 2 aliphatic heterocycles. The number of piperidine rings is 2. The van der Waals surface area contributed by atoms with Crippen molar-refractivity contribution in [2.24, 2.45) is 5.92 Å². The molecule has 6 nitrogen and oxygen atoms in total. The van der Waals surface area contributed by atoms with E-state index in [1.807, 2.05) is 35.2 Å². The Bertz CT molecular complexity index is 933. The van der Waals surface area contributed by atoms with Gasteiger partial charge in [0, 0.05) is 44.7 Å². The van der Waals surface area contributed by atoms with E-state index in [0.29, 0.717) is 26.1 Å². The molecule has 6 heteroatoms. The van der Waals surface area contributed by atoms with Gasteiger partial charge < -0.3 is 15.0 Å². The molecule has 1 N–H and O–H groups in total. The molecule has 2 fully saturated rings. The fraction of sp³-hybridized carbons (Fsp3) is 0.500. The van der Waals surface area contributed by atoms with E-state index in [4.69, 9.17) is 4.74 Å². The number of ether oxygens (including phenoxy) is 1. The van der Waals surface area contributed by atoms with Crippen molar-refractivity contribution in [3.8, 4) is 5.75 Å². The molecule has 0 atom stereocenters. The summed E-state index contributed by atoms with van der Waals surface area (Å²) in [7, 11) is 0. The number of benzene rings is 2. The molecule has 2 heterocycles. The molecule has 2 saturated heterocycles. The number of carbonyl (C=O) groups excluding carboxylic acids is 2. The van der Waals surface area contributed by atoms with Gasteiger partial charge in [-0.25, -0.2) is 0 Å². The van der Waals surface area contributed by atoms with Crippen LogP contribution in [0.25, 0.3) is 0 Å². The van der Waals surface area contributed by atoms with Crippen molar-refractivity contribution >= 4 is 11.8 Å². The predicted octanol–water partition coefficient (Wildman–Crippen LogP) is 3.78. The number of nitrogens with zero attached hydrogens (tertiary/aromatic N) is 2. The molecule has 0 radical (unpaired) electrons. The van der Waals surface area contributed by atoms with E-state index in [0.717, 1.165) is 51.1 Å². The van der Waals surface area contributed by atoms with E-state index in [9.17, 15) is 9.59 Å². The third-order valence-electron chi connectivity index (χ3n) is 6.97. The van der Waals surface area contributed by atoms with Crippen LogP contribution in [0.1, 0.15) is 43.2 Å². The van der Waals surface area contributed by atoms with Crippen LogP contribution in [0, 0.1) is 12.8 Å². The van der Waals surface area contributed by atoms with Crippen LogP contribution in [0.2, 0.25) is 0 Å². The standard InChI is InChI=1S/C28H37N3O3/c1-22-6-5-7-23(20-22)21-30-15-12-25(13-16-30)29-28(33)24-10-17-31(18-11-24)27(32)14-19-34-26-8-3-2-4-9-26/h2-9,20,24-25H,10-19,21H2,1H3,(H,29,33). The molecule has 2 aromatic carbocycles. The molecule has 0 unspecified atom stereocenters. The van der Waals surface area contributed by atoms with E-state index < -0.39 is 0 Å². The van der Waals surface area contributed by atoms with Gasteiger partial charge in [0.15, 0.2) is 0 Å². The van der Waals surface area contributed by atoms with Crippen molar-refractivity contribution in [2.75, 3.05) is 32.8 Å². The Hall–Kier alpha value is -2.86. The van der Waals surface area contributed by atoms with Crippen LogP contribution in [0.3, 0.4) is 0 Å². The van der Waals surface area contributed by atoms with Crippen LogP contribution in [-0.4, -0.2) is 60.4 Å². The Labute approximate surface area is 203 Å². The molecule has 2 aromatic rings. The molecular weight excluding hydrogens is 426 g/mol. The number of likely N-dealkylation sites (tertiary alicyclic amines) is 2. The van der Waals surface area contributed by atoms with Gasteiger partial charge in [-0.15, -0.1) is 0 Å². The zero-order chi connectivity index (χ0) is 23.8. The van der Waals surface area contributed by atoms with Crippen LogP contribution < -0.4 is 10.1 Å². The average Bonchev–Trinajstić information content (AvgIpc) is 2.86. The Balaban J connectivity index is 1.12. The van der Waals surface area contributed by atoms with Gasteiger partial charge in [-0.2, -0.15) is 0 Å². The summed E-state index contributed by atoms with van der Waals surface area (Å²) < 4.78 is 5.64. The second kappa shape index (κ2) is 12.0. The number of amides is 2. The lowest BCUT2D eigenvalue weighted by Crippen LogP contribution is -2.48. The molecule has 34 heavy (non-hydrogen) atoms. The lowest BCUT2D eigenvalue weighted by molar-refractivity contribution is -0.136. The minimum atomic E-state index is 0.00921. The van der Waals surface area contributed by atoms with E-state index in [1.54, 1.807) is 0 Å². The molecular formula is C28H37N3O3. The van der Waals surface area contributed by atoms with Gasteiger partial charge in [0.2, 0.25) is 11.8 Å². The van der Waals surface area contributed by atoms with E-state index in [-0.39, 0.29) is 23.8 Å². The number of hydrogen-bond acceptors (Lipinski definition) is 4. The SMILES string of the molecule is Cc1cccc(CN2CCC(NC(=O)C3CCN(C(=O)CCOc4ccccc4)CC3)CC2)c1. The van der Waals surface area contributed by atoms with Gasteiger partial charge in [-0.05, 0) is 50.3 Å². The lowest BCUT2D eigenvalue weighted by Gasteiger charge is -2.35. The number of carbonyl (C=O) groups is 2. The molecule has 182 valence electrons. The zero-order valence-corrected chi connectivity index (χ0v) is 20.2. The first-order valence-corrected chi connectivity index (χ1v) is 12.6. The third-order valence-corrected chi connectivity index (χ3v) is 6.97. The minimum absolute atomic E-state index is 0.00921.